The minimum Gasteiger partial charge on any atom is -0.324 e. The molecule has 1 heterocycles. The average Bonchev–Trinajstić information content (AvgIpc) is 3.12. The van der Waals surface area contributed by atoms with Crippen LogP contribution >= 0.6 is 0 Å². The first-order valence-electron chi connectivity index (χ1n) is 11.0. The number of likely N-dealkylation sites (tertiary alicyclic amines) is 1. The lowest BCUT2D eigenvalue weighted by molar-refractivity contribution is 0.142. The van der Waals surface area contributed by atoms with E-state index in [9.17, 15) is 18.5 Å². The predicted molar refractivity (Wildman–Crippen MR) is 126 cm³/mol. The third-order valence-corrected chi connectivity index (χ3v) is 7.10. The van der Waals surface area contributed by atoms with Gasteiger partial charge in [-0.25, -0.2) is 18.2 Å². The minimum atomic E-state index is -4.02. The van der Waals surface area contributed by atoms with Crippen molar-refractivity contribution in [2.45, 2.75) is 37.1 Å². The smallest absolute Gasteiger partial charge is 0.324 e. The number of nitrogens with zero attached hydrogens (tertiary/aromatic N) is 3. The molecule has 1 aliphatic rings. The van der Waals surface area contributed by atoms with Crippen molar-refractivity contribution in [3.05, 3.63) is 77.9 Å². The van der Waals surface area contributed by atoms with Crippen molar-refractivity contribution >= 4 is 26.8 Å². The summed E-state index contributed by atoms with van der Waals surface area (Å²) < 4.78 is 26.6. The number of urea groups is 1. The molecule has 0 spiro atoms. The first-order chi connectivity index (χ1) is 16.0. The maximum atomic E-state index is 13.4. The molecular weight excluding hydrogens is 436 g/mol. The zero-order chi connectivity index (χ0) is 23.3. The van der Waals surface area contributed by atoms with Crippen LogP contribution in [0.2, 0.25) is 0 Å². The number of amides is 2. The van der Waals surface area contributed by atoms with Gasteiger partial charge in [-0.15, -0.1) is 4.83 Å². The second kappa shape index (κ2) is 10.0. The van der Waals surface area contributed by atoms with Crippen molar-refractivity contribution in [1.29, 1.82) is 5.26 Å². The van der Waals surface area contributed by atoms with Crippen LogP contribution in [0.15, 0.2) is 71.6 Å². The molecule has 0 aromatic heterocycles. The Labute approximate surface area is 194 Å². The van der Waals surface area contributed by atoms with E-state index in [0.717, 1.165) is 41.5 Å². The van der Waals surface area contributed by atoms with Gasteiger partial charge >= 0.3 is 6.03 Å². The Hall–Kier alpha value is -3.41. The van der Waals surface area contributed by atoms with Crippen molar-refractivity contribution in [3.63, 3.8) is 0 Å². The van der Waals surface area contributed by atoms with Crippen LogP contribution in [-0.4, -0.2) is 37.4 Å². The topological polar surface area (TPSA) is 93.5 Å². The van der Waals surface area contributed by atoms with Gasteiger partial charge in [0.1, 0.15) is 0 Å². The third kappa shape index (κ3) is 5.51. The lowest BCUT2D eigenvalue weighted by atomic mass is 10.1. The van der Waals surface area contributed by atoms with Crippen LogP contribution in [0.5, 0.6) is 0 Å². The van der Waals surface area contributed by atoms with Gasteiger partial charge in [-0.05, 0) is 53.4 Å². The second-order valence-corrected chi connectivity index (χ2v) is 9.85. The van der Waals surface area contributed by atoms with Crippen LogP contribution in [0.3, 0.4) is 0 Å². The van der Waals surface area contributed by atoms with Crippen LogP contribution in [0, 0.1) is 11.3 Å². The number of hydrazine groups is 1. The number of benzene rings is 3. The normalized spacial score (nSPS) is 14.5. The van der Waals surface area contributed by atoms with Crippen molar-refractivity contribution < 1.29 is 13.2 Å². The number of rotatable bonds is 5. The van der Waals surface area contributed by atoms with Gasteiger partial charge in [-0.1, -0.05) is 55.3 Å². The minimum absolute atomic E-state index is 0.0116. The predicted octanol–water partition coefficient (Wildman–Crippen LogP) is 4.40. The van der Waals surface area contributed by atoms with E-state index in [1.54, 1.807) is 41.3 Å². The Balaban J connectivity index is 1.64. The quantitative estimate of drug-likeness (QED) is 0.569. The highest BCUT2D eigenvalue weighted by Gasteiger charge is 2.27. The van der Waals surface area contributed by atoms with Gasteiger partial charge in [-0.3, -0.25) is 0 Å². The van der Waals surface area contributed by atoms with E-state index >= 15 is 0 Å². The van der Waals surface area contributed by atoms with Gasteiger partial charge < -0.3 is 4.90 Å². The van der Waals surface area contributed by atoms with E-state index in [4.69, 9.17) is 0 Å². The number of hydrogen-bond acceptors (Lipinski definition) is 4. The zero-order valence-electron chi connectivity index (χ0n) is 18.3. The number of nitriles is 1. The number of hydrogen-bond donors (Lipinski definition) is 1. The lowest BCUT2D eigenvalue weighted by Crippen LogP contribution is -2.51. The maximum absolute atomic E-state index is 13.4. The molecule has 0 atom stereocenters. The average molecular weight is 463 g/mol. The monoisotopic (exact) mass is 462 g/mol. The molecule has 8 heteroatoms. The van der Waals surface area contributed by atoms with Crippen LogP contribution in [0.4, 0.5) is 4.79 Å². The summed E-state index contributed by atoms with van der Waals surface area (Å²) in [7, 11) is -4.02. The summed E-state index contributed by atoms with van der Waals surface area (Å²) in [6.07, 6.45) is 3.88. The van der Waals surface area contributed by atoms with Gasteiger partial charge in [0.15, 0.2) is 0 Å². The maximum Gasteiger partial charge on any atom is 0.335 e. The number of nitrogens with one attached hydrogen (secondary N) is 1. The van der Waals surface area contributed by atoms with E-state index in [1.807, 2.05) is 24.3 Å². The summed E-state index contributed by atoms with van der Waals surface area (Å²) in [5.74, 6) is 0. The number of carbonyl (C=O) groups excluding carboxylic acids is 1. The summed E-state index contributed by atoms with van der Waals surface area (Å²) in [5, 5.41) is 12.1. The van der Waals surface area contributed by atoms with Gasteiger partial charge in [-0.2, -0.15) is 5.26 Å². The van der Waals surface area contributed by atoms with Crippen molar-refractivity contribution in [2.24, 2.45) is 0 Å². The highest BCUT2D eigenvalue weighted by atomic mass is 32.2. The third-order valence-electron chi connectivity index (χ3n) is 5.77. The molecule has 3 aromatic rings. The molecule has 3 aromatic carbocycles. The fourth-order valence-electron chi connectivity index (χ4n) is 4.03. The SMILES string of the molecule is N#Cc1cccc(CN(NS(=O)(=O)c2ccc3ccccc3c2)C(=O)N2CCCCCC2)c1. The molecule has 1 aliphatic heterocycles. The first kappa shape index (κ1) is 22.8. The highest BCUT2D eigenvalue weighted by Crippen LogP contribution is 2.20. The summed E-state index contributed by atoms with van der Waals surface area (Å²) in [6, 6.07) is 20.9. The second-order valence-electron chi connectivity index (χ2n) is 8.19. The molecule has 0 saturated carbocycles. The Kier molecular flexibility index (Phi) is 6.92. The van der Waals surface area contributed by atoms with E-state index in [2.05, 4.69) is 10.9 Å². The molecule has 0 bridgehead atoms. The van der Waals surface area contributed by atoms with Crippen LogP contribution < -0.4 is 4.83 Å². The molecule has 1 fully saturated rings. The summed E-state index contributed by atoms with van der Waals surface area (Å²) in [5.41, 5.74) is 1.12. The van der Waals surface area contributed by atoms with Crippen molar-refractivity contribution in [1.82, 2.24) is 14.7 Å². The zero-order valence-corrected chi connectivity index (χ0v) is 19.1. The standard InChI is InChI=1S/C25H26N4O3S/c26-18-20-8-7-9-21(16-20)19-29(25(30)28-14-5-1-2-6-15-28)27-33(31,32)24-13-12-22-10-3-4-11-23(22)17-24/h3-4,7-13,16-17,27H,1-2,5-6,14-15,19H2. The first-order valence-corrected chi connectivity index (χ1v) is 12.5. The summed E-state index contributed by atoms with van der Waals surface area (Å²) in [4.78, 5) is 17.7. The molecule has 7 nitrogen and oxygen atoms in total. The molecule has 170 valence electrons. The fourth-order valence-corrected chi connectivity index (χ4v) is 5.09. The molecular formula is C25H26N4O3S. The Bertz CT molecular complexity index is 1290. The Morgan fingerprint density at radius 3 is 2.39 bits per heavy atom. The Morgan fingerprint density at radius 2 is 1.67 bits per heavy atom. The largest absolute Gasteiger partial charge is 0.335 e. The molecule has 33 heavy (non-hydrogen) atoms. The molecule has 0 unspecified atom stereocenters. The van der Waals surface area contributed by atoms with Gasteiger partial charge in [0, 0.05) is 13.1 Å². The number of fused-ring (bicyclic) bond motifs is 1. The number of sulfonamides is 1. The molecule has 0 aliphatic carbocycles. The van der Waals surface area contributed by atoms with E-state index in [0.29, 0.717) is 24.2 Å². The molecule has 1 saturated heterocycles. The number of carbonyl (C=O) groups is 1. The summed E-state index contributed by atoms with van der Waals surface area (Å²) >= 11 is 0. The van der Waals surface area contributed by atoms with Crippen molar-refractivity contribution in [3.8, 4) is 6.07 Å². The lowest BCUT2D eigenvalue weighted by Gasteiger charge is -2.30. The van der Waals surface area contributed by atoms with Gasteiger partial charge in [0.2, 0.25) is 0 Å². The molecule has 2 amide bonds. The molecule has 0 radical (unpaired) electrons. The van der Waals surface area contributed by atoms with Gasteiger partial charge in [0.25, 0.3) is 10.0 Å². The molecule has 1 N–H and O–H groups in total. The van der Waals surface area contributed by atoms with Crippen LogP contribution in [0.1, 0.15) is 36.8 Å². The fraction of sp³-hybridized carbons (Fsp3) is 0.280. The van der Waals surface area contributed by atoms with Crippen molar-refractivity contribution in [2.75, 3.05) is 13.1 Å². The van der Waals surface area contributed by atoms with Crippen LogP contribution in [-0.2, 0) is 16.6 Å². The van der Waals surface area contributed by atoms with E-state index in [-0.39, 0.29) is 17.5 Å². The van der Waals surface area contributed by atoms with Gasteiger partial charge in [0.05, 0.1) is 23.1 Å². The Morgan fingerprint density at radius 1 is 0.939 bits per heavy atom. The molecule has 4 rings (SSSR count). The summed E-state index contributed by atoms with van der Waals surface area (Å²) in [6.45, 7) is 1.19. The highest BCUT2D eigenvalue weighted by molar-refractivity contribution is 7.89. The van der Waals surface area contributed by atoms with E-state index in [1.165, 1.54) is 6.07 Å². The van der Waals surface area contributed by atoms with Crippen LogP contribution in [0.25, 0.3) is 10.8 Å². The van der Waals surface area contributed by atoms with E-state index < -0.39 is 10.0 Å².